The summed E-state index contributed by atoms with van der Waals surface area (Å²) >= 11 is 2.23. The summed E-state index contributed by atoms with van der Waals surface area (Å²) in [5, 5.41) is 2.23. The number of rotatable bonds is 3. The second kappa shape index (κ2) is 6.33. The Balaban J connectivity index is 1.94. The molecule has 2 nitrogen and oxygen atoms in total. The highest BCUT2D eigenvalue weighted by Crippen LogP contribution is 2.41. The van der Waals surface area contributed by atoms with Gasteiger partial charge in [-0.1, -0.05) is 44.2 Å². The van der Waals surface area contributed by atoms with Crippen molar-refractivity contribution in [1.82, 2.24) is 0 Å². The van der Waals surface area contributed by atoms with Crippen LogP contribution in [0.2, 0.25) is 0 Å². The molecular formula is C21H17FINO. The molecule has 1 aromatic heterocycles. The van der Waals surface area contributed by atoms with Crippen LogP contribution in [0.15, 0.2) is 65.1 Å². The number of hydrogen-bond donors (Lipinski definition) is 0. The van der Waals surface area contributed by atoms with Crippen LogP contribution in [0.25, 0.3) is 21.9 Å². The Morgan fingerprint density at radius 3 is 2.20 bits per heavy atom. The minimum atomic E-state index is -0.239. The van der Waals surface area contributed by atoms with Crippen molar-refractivity contribution in [1.29, 1.82) is 0 Å². The van der Waals surface area contributed by atoms with Gasteiger partial charge in [0.25, 0.3) is 0 Å². The largest absolute Gasteiger partial charge is 0.454 e. The lowest BCUT2D eigenvalue weighted by Crippen LogP contribution is -2.00. The summed E-state index contributed by atoms with van der Waals surface area (Å²) < 4.78 is 21.5. The van der Waals surface area contributed by atoms with Gasteiger partial charge in [0.2, 0.25) is 0 Å². The molecule has 0 aliphatic carbocycles. The van der Waals surface area contributed by atoms with E-state index in [0.29, 0.717) is 5.92 Å². The first-order chi connectivity index (χ1) is 12.1. The van der Waals surface area contributed by atoms with Crippen LogP contribution < -0.4 is 3.11 Å². The Hall–Kier alpha value is -2.08. The third-order valence-corrected chi connectivity index (χ3v) is 5.50. The van der Waals surface area contributed by atoms with E-state index in [9.17, 15) is 4.39 Å². The predicted molar refractivity (Wildman–Crippen MR) is 110 cm³/mol. The molecule has 1 heterocycles. The van der Waals surface area contributed by atoms with Gasteiger partial charge in [-0.15, -0.1) is 0 Å². The zero-order chi connectivity index (χ0) is 17.6. The van der Waals surface area contributed by atoms with Gasteiger partial charge in [0.15, 0.2) is 5.58 Å². The summed E-state index contributed by atoms with van der Waals surface area (Å²) in [6.07, 6.45) is 0. The SMILES string of the molecule is CC(C)c1cccc2c1oc1c(N(I)c3ccc(F)cc3)cccc12. The van der Waals surface area contributed by atoms with Crippen LogP contribution >= 0.6 is 22.9 Å². The summed E-state index contributed by atoms with van der Waals surface area (Å²) in [7, 11) is 0. The van der Waals surface area contributed by atoms with E-state index < -0.39 is 0 Å². The van der Waals surface area contributed by atoms with Crippen LogP contribution in [0.5, 0.6) is 0 Å². The molecule has 4 rings (SSSR count). The molecule has 0 amide bonds. The highest BCUT2D eigenvalue weighted by atomic mass is 127. The van der Waals surface area contributed by atoms with Crippen LogP contribution in [0.3, 0.4) is 0 Å². The molecule has 0 aliphatic heterocycles. The van der Waals surface area contributed by atoms with Crippen molar-refractivity contribution in [2.75, 3.05) is 3.11 Å². The quantitative estimate of drug-likeness (QED) is 0.242. The molecule has 0 atom stereocenters. The molecule has 0 saturated heterocycles. The molecule has 0 unspecified atom stereocenters. The van der Waals surface area contributed by atoms with E-state index in [0.717, 1.165) is 33.3 Å². The molecule has 25 heavy (non-hydrogen) atoms. The number of nitrogens with zero attached hydrogens (tertiary/aromatic N) is 1. The molecule has 0 N–H and O–H groups in total. The fraction of sp³-hybridized carbons (Fsp3) is 0.143. The summed E-state index contributed by atoms with van der Waals surface area (Å²) in [5.41, 5.74) is 4.87. The first kappa shape index (κ1) is 16.4. The third kappa shape index (κ3) is 2.78. The second-order valence-corrected chi connectivity index (χ2v) is 7.36. The van der Waals surface area contributed by atoms with Gasteiger partial charge >= 0.3 is 0 Å². The van der Waals surface area contributed by atoms with Gasteiger partial charge in [0.1, 0.15) is 11.4 Å². The van der Waals surface area contributed by atoms with Gasteiger partial charge in [0, 0.05) is 10.8 Å². The standard InChI is InChI=1S/C21H17FINO/c1-13(2)16-5-3-6-17-18-7-4-8-19(21(18)25-20(16)17)24(23)15-11-9-14(22)10-12-15/h3-13H,1-2H3. The molecule has 0 bridgehead atoms. The number of benzene rings is 3. The molecule has 0 spiro atoms. The van der Waals surface area contributed by atoms with E-state index in [1.54, 1.807) is 12.1 Å². The van der Waals surface area contributed by atoms with Crippen molar-refractivity contribution in [3.8, 4) is 0 Å². The van der Waals surface area contributed by atoms with Crippen molar-refractivity contribution in [3.63, 3.8) is 0 Å². The second-order valence-electron chi connectivity index (χ2n) is 6.39. The van der Waals surface area contributed by atoms with Crippen LogP contribution in [0, 0.1) is 5.82 Å². The highest BCUT2D eigenvalue weighted by molar-refractivity contribution is 14.1. The molecule has 0 aliphatic rings. The summed E-state index contributed by atoms with van der Waals surface area (Å²) in [5.74, 6) is 0.151. The first-order valence-corrected chi connectivity index (χ1v) is 9.18. The maximum atomic E-state index is 13.2. The summed E-state index contributed by atoms with van der Waals surface area (Å²) in [6.45, 7) is 4.35. The number of furan rings is 1. The van der Waals surface area contributed by atoms with E-state index in [-0.39, 0.29) is 5.82 Å². The monoisotopic (exact) mass is 445 g/mol. The summed E-state index contributed by atoms with van der Waals surface area (Å²) in [4.78, 5) is 0. The van der Waals surface area contributed by atoms with Crippen molar-refractivity contribution in [2.45, 2.75) is 19.8 Å². The number of fused-ring (bicyclic) bond motifs is 3. The van der Waals surface area contributed by atoms with E-state index in [1.807, 2.05) is 15.2 Å². The predicted octanol–water partition coefficient (Wildman–Crippen LogP) is 7.34. The van der Waals surface area contributed by atoms with Gasteiger partial charge in [-0.3, -0.25) is 3.11 Å². The Kier molecular flexibility index (Phi) is 4.15. The fourth-order valence-corrected chi connectivity index (χ4v) is 3.85. The Morgan fingerprint density at radius 2 is 1.52 bits per heavy atom. The fourth-order valence-electron chi connectivity index (χ4n) is 3.15. The molecule has 0 fully saturated rings. The molecule has 0 radical (unpaired) electrons. The molecule has 4 aromatic rings. The minimum absolute atomic E-state index is 0.239. The first-order valence-electron chi connectivity index (χ1n) is 8.22. The normalized spacial score (nSPS) is 11.6. The highest BCUT2D eigenvalue weighted by Gasteiger charge is 2.18. The lowest BCUT2D eigenvalue weighted by Gasteiger charge is -2.16. The smallest absolute Gasteiger partial charge is 0.159 e. The van der Waals surface area contributed by atoms with Gasteiger partial charge in [0.05, 0.1) is 34.2 Å². The number of para-hydroxylation sites is 2. The lowest BCUT2D eigenvalue weighted by molar-refractivity contribution is 0.628. The molecule has 0 saturated carbocycles. The van der Waals surface area contributed by atoms with Crippen LogP contribution in [-0.2, 0) is 0 Å². The minimum Gasteiger partial charge on any atom is -0.454 e. The third-order valence-electron chi connectivity index (χ3n) is 4.42. The van der Waals surface area contributed by atoms with Gasteiger partial charge < -0.3 is 4.42 Å². The van der Waals surface area contributed by atoms with Crippen LogP contribution in [0.4, 0.5) is 15.8 Å². The average Bonchev–Trinajstić information content (AvgIpc) is 3.00. The molecular weight excluding hydrogens is 428 g/mol. The van der Waals surface area contributed by atoms with Crippen LogP contribution in [-0.4, -0.2) is 0 Å². The summed E-state index contributed by atoms with van der Waals surface area (Å²) in [6, 6.07) is 18.9. The lowest BCUT2D eigenvalue weighted by atomic mass is 10.0. The van der Waals surface area contributed by atoms with Gasteiger partial charge in [-0.25, -0.2) is 4.39 Å². The van der Waals surface area contributed by atoms with Crippen molar-refractivity contribution in [2.24, 2.45) is 0 Å². The zero-order valence-electron chi connectivity index (χ0n) is 14.0. The number of halogens is 2. The van der Waals surface area contributed by atoms with Crippen molar-refractivity contribution in [3.05, 3.63) is 72.0 Å². The van der Waals surface area contributed by atoms with E-state index in [1.165, 1.54) is 17.7 Å². The van der Waals surface area contributed by atoms with E-state index >= 15 is 0 Å². The maximum absolute atomic E-state index is 13.2. The molecule has 3 aromatic carbocycles. The Labute approximate surface area is 159 Å². The molecule has 126 valence electrons. The van der Waals surface area contributed by atoms with Gasteiger partial charge in [-0.2, -0.15) is 0 Å². The zero-order valence-corrected chi connectivity index (χ0v) is 16.1. The maximum Gasteiger partial charge on any atom is 0.159 e. The van der Waals surface area contributed by atoms with Crippen molar-refractivity contribution >= 4 is 56.2 Å². The van der Waals surface area contributed by atoms with E-state index in [4.69, 9.17) is 4.42 Å². The Morgan fingerprint density at radius 1 is 0.880 bits per heavy atom. The average molecular weight is 445 g/mol. The van der Waals surface area contributed by atoms with Crippen LogP contribution in [0.1, 0.15) is 25.3 Å². The Bertz CT molecular complexity index is 1050. The van der Waals surface area contributed by atoms with E-state index in [2.05, 4.69) is 61.0 Å². The molecule has 4 heteroatoms. The number of anilines is 2. The topological polar surface area (TPSA) is 16.4 Å². The number of hydrogen-bond acceptors (Lipinski definition) is 2. The van der Waals surface area contributed by atoms with Gasteiger partial charge in [-0.05, 0) is 41.8 Å². The van der Waals surface area contributed by atoms with Crippen molar-refractivity contribution < 1.29 is 8.81 Å².